The van der Waals surface area contributed by atoms with Gasteiger partial charge in [0.05, 0.1) is 44.7 Å². The molecule has 0 fully saturated rings. The van der Waals surface area contributed by atoms with Gasteiger partial charge >= 0.3 is 0 Å². The minimum atomic E-state index is -4.69. The van der Waals surface area contributed by atoms with Crippen LogP contribution in [0.5, 0.6) is 0 Å². The van der Waals surface area contributed by atoms with E-state index < -0.39 is 30.7 Å². The van der Waals surface area contributed by atoms with Crippen molar-refractivity contribution in [3.63, 3.8) is 0 Å². The molecule has 0 saturated carbocycles. The molecule has 0 spiro atoms. The van der Waals surface area contributed by atoms with E-state index in [1.807, 2.05) is 0 Å². The van der Waals surface area contributed by atoms with Crippen LogP contribution in [-0.4, -0.2) is 19.5 Å². The molecular formula is H5Cl3FeO13. The molecule has 0 amide bonds. The van der Waals surface area contributed by atoms with Gasteiger partial charge < -0.3 is 5.48 Å². The third-order valence-corrected chi connectivity index (χ3v) is 0. The molecule has 0 aliphatic heterocycles. The molecule has 0 unspecified atom stereocenters. The Balaban J connectivity index is -0.0000000400. The largest absolute Gasteiger partial charge is 0.412 e. The molecule has 0 bridgehead atoms. The van der Waals surface area contributed by atoms with Crippen molar-refractivity contribution in [1.29, 1.82) is 0 Å². The van der Waals surface area contributed by atoms with E-state index in [1.165, 1.54) is 0 Å². The molecule has 0 atom stereocenters. The zero-order valence-electron chi connectivity index (χ0n) is 7.00. The van der Waals surface area contributed by atoms with Gasteiger partial charge in [0.15, 0.2) is 0 Å². The fourth-order valence-electron chi connectivity index (χ4n) is 0. The van der Waals surface area contributed by atoms with Crippen molar-refractivity contribution >= 4 is 0 Å². The molecule has 0 rings (SSSR count). The van der Waals surface area contributed by atoms with Crippen LogP contribution in [0.1, 0.15) is 0 Å². The van der Waals surface area contributed by atoms with Crippen molar-refractivity contribution in [2.45, 2.75) is 0 Å². The summed E-state index contributed by atoms with van der Waals surface area (Å²) in [7, 11) is -14.1. The minimum Gasteiger partial charge on any atom is -0.412 e. The Bertz CT molecular complexity index is 91.7. The van der Waals surface area contributed by atoms with E-state index in [1.54, 1.807) is 0 Å². The quantitative estimate of drug-likeness (QED) is 0.332. The predicted octanol–water partition coefficient (Wildman–Crippen LogP) is -13.2. The zero-order chi connectivity index (χ0) is 13.5. The third-order valence-electron chi connectivity index (χ3n) is 0. The number of hydrogen-bond donors (Lipinski definition) is 3. The van der Waals surface area contributed by atoms with Crippen LogP contribution in [0.3, 0.4) is 0 Å². The van der Waals surface area contributed by atoms with Gasteiger partial charge in [-0.15, -0.1) is 0 Å². The molecule has 0 aliphatic carbocycles. The van der Waals surface area contributed by atoms with Crippen LogP contribution in [0.2, 0.25) is 0 Å². The first-order valence-corrected chi connectivity index (χ1v) is 5.69. The topological polar surface area (TPSA) is 300 Å². The molecular weight excluding hydrogens is 370 g/mol. The maximum absolute atomic E-state index is 8.60. The first-order chi connectivity index (χ1) is 6.00. The van der Waals surface area contributed by atoms with Crippen molar-refractivity contribution in [3.05, 3.63) is 0 Å². The van der Waals surface area contributed by atoms with E-state index >= 15 is 0 Å². The average Bonchev–Trinajstić information content (AvgIpc) is 1.41. The van der Waals surface area contributed by atoms with Crippen LogP contribution in [-0.2, 0) is 17.1 Å². The second kappa shape index (κ2) is 11.9. The van der Waals surface area contributed by atoms with E-state index in [-0.39, 0.29) is 22.5 Å². The smallest absolute Gasteiger partial charge is 0.0777 e. The van der Waals surface area contributed by atoms with Gasteiger partial charge in [-0.25, -0.2) is 0 Å². The minimum absolute atomic E-state index is 0. The van der Waals surface area contributed by atoms with E-state index in [9.17, 15) is 0 Å². The van der Waals surface area contributed by atoms with Gasteiger partial charge in [0, 0.05) is 17.1 Å². The van der Waals surface area contributed by atoms with E-state index in [0.29, 0.717) is 0 Å². The first kappa shape index (κ1) is 30.7. The first-order valence-electron chi connectivity index (χ1n) is 1.90. The van der Waals surface area contributed by atoms with Crippen LogP contribution in [0.15, 0.2) is 0 Å². The maximum Gasteiger partial charge on any atom is 0.0777 e. The zero-order valence-corrected chi connectivity index (χ0v) is 10.4. The van der Waals surface area contributed by atoms with Crippen molar-refractivity contribution in [1.82, 2.24) is 0 Å². The predicted molar refractivity (Wildman–Crippen MR) is 10.3 cm³/mol. The van der Waals surface area contributed by atoms with Gasteiger partial charge in [0.2, 0.25) is 0 Å². The molecule has 0 aromatic heterocycles. The van der Waals surface area contributed by atoms with Crippen LogP contribution < -0.4 is 41.9 Å². The fraction of sp³-hybridized carbons (Fsp3) is 0. The van der Waals surface area contributed by atoms with E-state index in [0.717, 1.165) is 0 Å². The molecule has 0 saturated heterocycles. The Labute approximate surface area is 109 Å². The van der Waals surface area contributed by atoms with E-state index in [4.69, 9.17) is 55.9 Å². The standard InChI is InChI=1S/3ClHO4.Fe.H2O/c3*2-1(3,4)5;;/h3*(H,2,3,4,5);;1H2. The van der Waals surface area contributed by atoms with Gasteiger partial charge in [-0.05, 0) is 0 Å². The summed E-state index contributed by atoms with van der Waals surface area (Å²) in [6, 6.07) is 0. The summed E-state index contributed by atoms with van der Waals surface area (Å²) in [5, 5.41) is 0. The van der Waals surface area contributed by atoms with Crippen molar-refractivity contribution in [3.8, 4) is 0 Å². The Morgan fingerprint density at radius 2 is 0.471 bits per heavy atom. The summed E-state index contributed by atoms with van der Waals surface area (Å²) in [6.45, 7) is 0. The monoisotopic (exact) mass is 374 g/mol. The summed E-state index contributed by atoms with van der Waals surface area (Å²) >= 11 is 0. The molecule has 0 heterocycles. The molecule has 17 heteroatoms. The molecule has 0 aromatic carbocycles. The second-order valence-electron chi connectivity index (χ2n) is 1.19. The molecule has 0 radical (unpaired) electrons. The van der Waals surface area contributed by atoms with Crippen LogP contribution in [0, 0.1) is 30.7 Å². The van der Waals surface area contributed by atoms with E-state index in [2.05, 4.69) is 0 Å². The molecule has 5 N–H and O–H groups in total. The Morgan fingerprint density at radius 1 is 0.471 bits per heavy atom. The van der Waals surface area contributed by atoms with Crippen LogP contribution in [0.25, 0.3) is 0 Å². The molecule has 0 aromatic rings. The van der Waals surface area contributed by atoms with Crippen molar-refractivity contribution in [2.24, 2.45) is 0 Å². The normalized spacial score (nSPS) is 10.6. The SMILES string of the molecule is O.[Fe].[O-][Cl+3]([O-])([O-])O.[O-][Cl+3]([O-])([O-])O.[O-][Cl+3]([O-])([O-])O. The number of hydrogen-bond acceptors (Lipinski definition) is 12. The number of halogens is 3. The molecule has 13 nitrogen and oxygen atoms in total. The Morgan fingerprint density at radius 3 is 0.471 bits per heavy atom. The summed E-state index contributed by atoms with van der Waals surface area (Å²) in [5.74, 6) is 0. The molecule has 17 heavy (non-hydrogen) atoms. The summed E-state index contributed by atoms with van der Waals surface area (Å²) < 4.78 is 98.2. The van der Waals surface area contributed by atoms with Gasteiger partial charge in [-0.3, -0.25) is 0 Å². The second-order valence-corrected chi connectivity index (χ2v) is 3.56. The number of rotatable bonds is 0. The van der Waals surface area contributed by atoms with Crippen molar-refractivity contribution in [2.75, 3.05) is 0 Å². The van der Waals surface area contributed by atoms with Crippen LogP contribution >= 0.6 is 0 Å². The van der Waals surface area contributed by atoms with Crippen LogP contribution in [0.4, 0.5) is 0 Å². The van der Waals surface area contributed by atoms with Gasteiger partial charge in [-0.2, -0.15) is 41.9 Å². The van der Waals surface area contributed by atoms with Crippen molar-refractivity contribution < 1.29 is 109 Å². The molecule has 0 aliphatic rings. The maximum atomic E-state index is 8.60. The summed E-state index contributed by atoms with van der Waals surface area (Å²) in [6.07, 6.45) is 0. The Kier molecular flexibility index (Phi) is 21.6. The third kappa shape index (κ3) is 4930. The summed E-state index contributed by atoms with van der Waals surface area (Å²) in [4.78, 5) is 0. The summed E-state index contributed by atoms with van der Waals surface area (Å²) in [5.41, 5.74) is 0. The fourth-order valence-corrected chi connectivity index (χ4v) is 0. The molecule has 112 valence electrons. The van der Waals surface area contributed by atoms with Gasteiger partial charge in [-0.1, -0.05) is 0 Å². The Hall–Kier alpha value is 0.869. The van der Waals surface area contributed by atoms with Gasteiger partial charge in [0.1, 0.15) is 0 Å². The van der Waals surface area contributed by atoms with Gasteiger partial charge in [0.25, 0.3) is 0 Å². The average molecular weight is 375 g/mol.